The van der Waals surface area contributed by atoms with Gasteiger partial charge in [-0.2, -0.15) is 0 Å². The molecule has 0 N–H and O–H groups in total. The van der Waals surface area contributed by atoms with Gasteiger partial charge in [-0.15, -0.1) is 0 Å². The van der Waals surface area contributed by atoms with Gasteiger partial charge in [0, 0.05) is 38.3 Å². The molecule has 0 unspecified atom stereocenters. The summed E-state index contributed by atoms with van der Waals surface area (Å²) in [5.74, 6) is 0.990. The third-order valence-corrected chi connectivity index (χ3v) is 4.91. The van der Waals surface area contributed by atoms with Crippen LogP contribution in [0.25, 0.3) is 0 Å². The maximum absolute atomic E-state index is 2.78. The number of hydrogen-bond acceptors (Lipinski definition) is 2. The van der Waals surface area contributed by atoms with Crippen LogP contribution in [0, 0.1) is 5.92 Å². The van der Waals surface area contributed by atoms with Crippen molar-refractivity contribution in [2.45, 2.75) is 57.5 Å². The second kappa shape index (κ2) is 4.66. The fraction of sp³-hybridized carbons (Fsp3) is 1.00. The minimum Gasteiger partial charge on any atom is -0.298 e. The normalized spacial score (nSPS) is 38.8. The van der Waals surface area contributed by atoms with Gasteiger partial charge in [-0.1, -0.05) is 6.92 Å². The number of nitrogens with zero attached hydrogens (tertiary/aromatic N) is 2. The van der Waals surface area contributed by atoms with Crippen molar-refractivity contribution >= 4 is 0 Å². The summed E-state index contributed by atoms with van der Waals surface area (Å²) in [4.78, 5) is 5.51. The van der Waals surface area contributed by atoms with Gasteiger partial charge in [0.1, 0.15) is 0 Å². The molecule has 3 rings (SSSR count). The molecule has 0 atom stereocenters. The predicted molar refractivity (Wildman–Crippen MR) is 67.6 cm³/mol. The maximum atomic E-state index is 2.78. The van der Waals surface area contributed by atoms with E-state index in [0.29, 0.717) is 0 Å². The molecule has 0 radical (unpaired) electrons. The summed E-state index contributed by atoms with van der Waals surface area (Å²) in [6, 6.07) is 1.91. The summed E-state index contributed by atoms with van der Waals surface area (Å²) in [5.41, 5.74) is 0. The lowest BCUT2D eigenvalue weighted by atomic mass is 9.86. The first kappa shape index (κ1) is 11.0. The fourth-order valence-corrected chi connectivity index (χ4v) is 3.52. The highest BCUT2D eigenvalue weighted by atomic mass is 15.3. The van der Waals surface area contributed by atoms with Crippen molar-refractivity contribution in [2.75, 3.05) is 26.2 Å². The highest BCUT2D eigenvalue weighted by Gasteiger charge is 2.33. The third-order valence-electron chi connectivity index (χ3n) is 4.91. The van der Waals surface area contributed by atoms with Crippen LogP contribution in [-0.2, 0) is 0 Å². The lowest BCUT2D eigenvalue weighted by Gasteiger charge is -2.41. The summed E-state index contributed by atoms with van der Waals surface area (Å²) >= 11 is 0. The fourth-order valence-electron chi connectivity index (χ4n) is 3.52. The second-order valence-electron chi connectivity index (χ2n) is 6.22. The SMILES string of the molecule is CC1CCC(N2CCN(C3CC3)CC2)CC1. The Hall–Kier alpha value is -0.0800. The molecule has 0 aromatic carbocycles. The van der Waals surface area contributed by atoms with Gasteiger partial charge in [0.15, 0.2) is 0 Å². The van der Waals surface area contributed by atoms with E-state index < -0.39 is 0 Å². The number of piperazine rings is 1. The van der Waals surface area contributed by atoms with Gasteiger partial charge in [-0.3, -0.25) is 9.80 Å². The molecular formula is C14H26N2. The van der Waals surface area contributed by atoms with Gasteiger partial charge in [0.2, 0.25) is 0 Å². The summed E-state index contributed by atoms with van der Waals surface area (Å²) in [6.07, 6.45) is 8.80. The molecule has 0 bridgehead atoms. The van der Waals surface area contributed by atoms with E-state index in [0.717, 1.165) is 18.0 Å². The van der Waals surface area contributed by atoms with Gasteiger partial charge in [0.05, 0.1) is 0 Å². The predicted octanol–water partition coefficient (Wildman–Crippen LogP) is 2.35. The van der Waals surface area contributed by atoms with Crippen molar-refractivity contribution in [3.63, 3.8) is 0 Å². The van der Waals surface area contributed by atoms with E-state index in [-0.39, 0.29) is 0 Å². The Labute approximate surface area is 100.0 Å². The standard InChI is InChI=1S/C14H26N2/c1-12-2-4-13(5-3-12)15-8-10-16(11-9-15)14-6-7-14/h12-14H,2-11H2,1H3. The molecule has 0 aromatic heterocycles. The topological polar surface area (TPSA) is 6.48 Å². The Morgan fingerprint density at radius 3 is 1.38 bits per heavy atom. The summed E-state index contributed by atoms with van der Waals surface area (Å²) in [7, 11) is 0. The number of hydrogen-bond donors (Lipinski definition) is 0. The smallest absolute Gasteiger partial charge is 0.0113 e. The summed E-state index contributed by atoms with van der Waals surface area (Å²) < 4.78 is 0. The van der Waals surface area contributed by atoms with Crippen LogP contribution in [0.1, 0.15) is 45.4 Å². The highest BCUT2D eigenvalue weighted by molar-refractivity contribution is 4.89. The zero-order chi connectivity index (χ0) is 11.0. The maximum Gasteiger partial charge on any atom is 0.0113 e. The van der Waals surface area contributed by atoms with Crippen molar-refractivity contribution in [3.8, 4) is 0 Å². The first-order chi connectivity index (χ1) is 7.83. The van der Waals surface area contributed by atoms with Crippen LogP contribution < -0.4 is 0 Å². The van der Waals surface area contributed by atoms with E-state index in [1.807, 2.05) is 0 Å². The quantitative estimate of drug-likeness (QED) is 0.707. The van der Waals surface area contributed by atoms with Crippen molar-refractivity contribution in [3.05, 3.63) is 0 Å². The first-order valence-electron chi connectivity index (χ1n) is 7.31. The Morgan fingerprint density at radius 1 is 0.625 bits per heavy atom. The molecule has 16 heavy (non-hydrogen) atoms. The first-order valence-corrected chi connectivity index (χ1v) is 7.31. The van der Waals surface area contributed by atoms with Crippen molar-refractivity contribution < 1.29 is 0 Å². The molecule has 0 aromatic rings. The summed E-state index contributed by atoms with van der Waals surface area (Å²) in [5, 5.41) is 0. The van der Waals surface area contributed by atoms with Crippen LogP contribution in [-0.4, -0.2) is 48.1 Å². The Kier molecular flexibility index (Phi) is 3.21. The van der Waals surface area contributed by atoms with Gasteiger partial charge < -0.3 is 0 Å². The molecule has 2 heteroatoms. The monoisotopic (exact) mass is 222 g/mol. The van der Waals surface area contributed by atoms with Gasteiger partial charge in [0.25, 0.3) is 0 Å². The largest absolute Gasteiger partial charge is 0.298 e. The van der Waals surface area contributed by atoms with Crippen LogP contribution in [0.4, 0.5) is 0 Å². The molecule has 2 nitrogen and oxygen atoms in total. The Balaban J connectivity index is 1.46. The molecule has 3 fully saturated rings. The average Bonchev–Trinajstić information content (AvgIpc) is 3.14. The van der Waals surface area contributed by atoms with E-state index in [9.17, 15) is 0 Å². The van der Waals surface area contributed by atoms with E-state index in [2.05, 4.69) is 16.7 Å². The molecule has 92 valence electrons. The van der Waals surface area contributed by atoms with Crippen molar-refractivity contribution in [1.82, 2.24) is 9.80 Å². The molecule has 1 aliphatic heterocycles. The lowest BCUT2D eigenvalue weighted by Crippen LogP contribution is -2.51. The van der Waals surface area contributed by atoms with E-state index in [1.165, 1.54) is 64.7 Å². The zero-order valence-electron chi connectivity index (χ0n) is 10.7. The third kappa shape index (κ3) is 2.43. The van der Waals surface area contributed by atoms with Crippen molar-refractivity contribution in [2.24, 2.45) is 5.92 Å². The van der Waals surface area contributed by atoms with Crippen LogP contribution in [0.5, 0.6) is 0 Å². The molecule has 1 heterocycles. The van der Waals surface area contributed by atoms with Gasteiger partial charge in [-0.05, 0) is 44.4 Å². The van der Waals surface area contributed by atoms with Crippen LogP contribution in [0.15, 0.2) is 0 Å². The second-order valence-corrected chi connectivity index (χ2v) is 6.22. The minimum atomic E-state index is 0.928. The minimum absolute atomic E-state index is 0.928. The van der Waals surface area contributed by atoms with E-state index in [1.54, 1.807) is 0 Å². The molecule has 3 aliphatic rings. The Morgan fingerprint density at radius 2 is 1.00 bits per heavy atom. The Bertz CT molecular complexity index is 221. The molecule has 2 saturated carbocycles. The van der Waals surface area contributed by atoms with E-state index >= 15 is 0 Å². The number of rotatable bonds is 2. The van der Waals surface area contributed by atoms with Gasteiger partial charge >= 0.3 is 0 Å². The average molecular weight is 222 g/mol. The van der Waals surface area contributed by atoms with Gasteiger partial charge in [-0.25, -0.2) is 0 Å². The van der Waals surface area contributed by atoms with Crippen LogP contribution >= 0.6 is 0 Å². The van der Waals surface area contributed by atoms with Crippen molar-refractivity contribution in [1.29, 1.82) is 0 Å². The highest BCUT2D eigenvalue weighted by Crippen LogP contribution is 2.30. The van der Waals surface area contributed by atoms with E-state index in [4.69, 9.17) is 0 Å². The zero-order valence-corrected chi connectivity index (χ0v) is 10.7. The summed E-state index contributed by atoms with van der Waals surface area (Å²) in [6.45, 7) is 7.79. The van der Waals surface area contributed by atoms with Crippen LogP contribution in [0.3, 0.4) is 0 Å². The molecular weight excluding hydrogens is 196 g/mol. The molecule has 2 aliphatic carbocycles. The molecule has 0 amide bonds. The lowest BCUT2D eigenvalue weighted by molar-refractivity contribution is 0.0687. The molecule has 0 spiro atoms. The van der Waals surface area contributed by atoms with Crippen LogP contribution in [0.2, 0.25) is 0 Å². The molecule has 1 saturated heterocycles.